The SMILES string of the molecule is O=C(c1cnc2ccc(F)cc2c1NCc1ccc(Cl)cc1)N1CCSCC1. The van der Waals surface area contributed by atoms with E-state index in [0.717, 1.165) is 17.1 Å². The minimum absolute atomic E-state index is 0.0717. The Bertz CT molecular complexity index is 1010. The van der Waals surface area contributed by atoms with Gasteiger partial charge in [-0.25, -0.2) is 4.39 Å². The number of nitrogens with zero attached hydrogens (tertiary/aromatic N) is 2. The molecule has 0 unspecified atom stereocenters. The van der Waals surface area contributed by atoms with E-state index in [1.54, 1.807) is 12.3 Å². The van der Waals surface area contributed by atoms with Gasteiger partial charge in [0.25, 0.3) is 5.91 Å². The van der Waals surface area contributed by atoms with Crippen LogP contribution in [0.5, 0.6) is 0 Å². The van der Waals surface area contributed by atoms with Gasteiger partial charge in [0, 0.05) is 47.7 Å². The second kappa shape index (κ2) is 8.37. The van der Waals surface area contributed by atoms with Crippen LogP contribution in [0.1, 0.15) is 15.9 Å². The molecule has 7 heteroatoms. The number of thioether (sulfide) groups is 1. The average Bonchev–Trinajstić information content (AvgIpc) is 2.73. The summed E-state index contributed by atoms with van der Waals surface area (Å²) in [5, 5.41) is 4.61. The number of aromatic nitrogens is 1. The van der Waals surface area contributed by atoms with Gasteiger partial charge in [0.1, 0.15) is 5.82 Å². The lowest BCUT2D eigenvalue weighted by atomic mass is 10.1. The Kier molecular flexibility index (Phi) is 5.69. The van der Waals surface area contributed by atoms with Gasteiger partial charge in [0.2, 0.25) is 0 Å². The molecule has 1 amide bonds. The first-order valence-corrected chi connectivity index (χ1v) is 10.6. The minimum atomic E-state index is -0.359. The third-order valence-electron chi connectivity index (χ3n) is 4.74. The van der Waals surface area contributed by atoms with E-state index in [-0.39, 0.29) is 11.7 Å². The monoisotopic (exact) mass is 415 g/mol. The molecule has 4 nitrogen and oxygen atoms in total. The van der Waals surface area contributed by atoms with Gasteiger partial charge in [-0.05, 0) is 35.9 Å². The fourth-order valence-electron chi connectivity index (χ4n) is 3.25. The van der Waals surface area contributed by atoms with Crippen molar-refractivity contribution in [2.24, 2.45) is 0 Å². The molecule has 1 fully saturated rings. The van der Waals surface area contributed by atoms with Crippen molar-refractivity contribution in [1.82, 2.24) is 9.88 Å². The Hall–Kier alpha value is -2.31. The Balaban J connectivity index is 1.72. The van der Waals surface area contributed by atoms with E-state index < -0.39 is 0 Å². The molecule has 144 valence electrons. The predicted molar refractivity (Wildman–Crippen MR) is 114 cm³/mol. The summed E-state index contributed by atoms with van der Waals surface area (Å²) in [6, 6.07) is 11.9. The smallest absolute Gasteiger partial charge is 0.257 e. The molecular formula is C21H19ClFN3OS. The third kappa shape index (κ3) is 4.08. The number of rotatable bonds is 4. The van der Waals surface area contributed by atoms with Gasteiger partial charge in [-0.2, -0.15) is 11.8 Å². The summed E-state index contributed by atoms with van der Waals surface area (Å²) < 4.78 is 13.9. The molecule has 1 N–H and O–H groups in total. The van der Waals surface area contributed by atoms with Gasteiger partial charge in [-0.1, -0.05) is 23.7 Å². The van der Waals surface area contributed by atoms with Crippen molar-refractivity contribution >= 4 is 45.9 Å². The number of halogens is 2. The van der Waals surface area contributed by atoms with Gasteiger partial charge in [-0.3, -0.25) is 9.78 Å². The molecule has 1 saturated heterocycles. The zero-order chi connectivity index (χ0) is 19.5. The van der Waals surface area contributed by atoms with Crippen LogP contribution in [-0.4, -0.2) is 40.4 Å². The van der Waals surface area contributed by atoms with E-state index in [1.165, 1.54) is 12.1 Å². The van der Waals surface area contributed by atoms with E-state index in [2.05, 4.69) is 10.3 Å². The molecule has 1 aliphatic heterocycles. The van der Waals surface area contributed by atoms with Crippen molar-refractivity contribution in [3.8, 4) is 0 Å². The normalized spacial score (nSPS) is 14.3. The Labute approximate surface area is 172 Å². The third-order valence-corrected chi connectivity index (χ3v) is 5.94. The molecule has 2 heterocycles. The maximum atomic E-state index is 13.9. The molecule has 0 atom stereocenters. The highest BCUT2D eigenvalue weighted by Crippen LogP contribution is 2.29. The highest BCUT2D eigenvalue weighted by Gasteiger charge is 2.23. The molecule has 4 rings (SSSR count). The van der Waals surface area contributed by atoms with Crippen LogP contribution in [0.3, 0.4) is 0 Å². The number of hydrogen-bond donors (Lipinski definition) is 1. The van der Waals surface area contributed by atoms with E-state index in [1.807, 2.05) is 40.9 Å². The summed E-state index contributed by atoms with van der Waals surface area (Å²) >= 11 is 7.80. The van der Waals surface area contributed by atoms with Crippen molar-refractivity contribution < 1.29 is 9.18 Å². The zero-order valence-corrected chi connectivity index (χ0v) is 16.7. The second-order valence-electron chi connectivity index (χ2n) is 6.59. The minimum Gasteiger partial charge on any atom is -0.380 e. The summed E-state index contributed by atoms with van der Waals surface area (Å²) in [5.74, 6) is 1.42. The molecule has 0 spiro atoms. The number of nitrogens with one attached hydrogen (secondary N) is 1. The fourth-order valence-corrected chi connectivity index (χ4v) is 4.28. The lowest BCUT2D eigenvalue weighted by Gasteiger charge is -2.27. The summed E-state index contributed by atoms with van der Waals surface area (Å²) in [7, 11) is 0. The molecule has 0 bridgehead atoms. The summed E-state index contributed by atoms with van der Waals surface area (Å²) in [6.07, 6.45) is 1.59. The number of benzene rings is 2. The molecular weight excluding hydrogens is 397 g/mol. The van der Waals surface area contributed by atoms with Gasteiger partial charge in [-0.15, -0.1) is 0 Å². The first-order chi connectivity index (χ1) is 13.6. The Morgan fingerprint density at radius 1 is 1.18 bits per heavy atom. The van der Waals surface area contributed by atoms with Crippen molar-refractivity contribution in [2.75, 3.05) is 29.9 Å². The second-order valence-corrected chi connectivity index (χ2v) is 8.25. The molecule has 2 aromatic carbocycles. The van der Waals surface area contributed by atoms with E-state index in [9.17, 15) is 9.18 Å². The van der Waals surface area contributed by atoms with Crippen LogP contribution in [0.2, 0.25) is 5.02 Å². The van der Waals surface area contributed by atoms with Crippen LogP contribution in [0.15, 0.2) is 48.7 Å². The van der Waals surface area contributed by atoms with Crippen molar-refractivity contribution in [3.05, 3.63) is 70.6 Å². The topological polar surface area (TPSA) is 45.2 Å². The lowest BCUT2D eigenvalue weighted by Crippen LogP contribution is -2.38. The van der Waals surface area contributed by atoms with Crippen molar-refractivity contribution in [2.45, 2.75) is 6.54 Å². The van der Waals surface area contributed by atoms with Crippen molar-refractivity contribution in [3.63, 3.8) is 0 Å². The maximum Gasteiger partial charge on any atom is 0.257 e. The van der Waals surface area contributed by atoms with E-state index >= 15 is 0 Å². The first kappa shape index (κ1) is 19.0. The Morgan fingerprint density at radius 3 is 2.68 bits per heavy atom. The molecule has 0 radical (unpaired) electrons. The highest BCUT2D eigenvalue weighted by atomic mass is 35.5. The zero-order valence-electron chi connectivity index (χ0n) is 15.1. The van der Waals surface area contributed by atoms with Gasteiger partial charge in [0.15, 0.2) is 0 Å². The van der Waals surface area contributed by atoms with E-state index in [4.69, 9.17) is 11.6 Å². The fraction of sp³-hybridized carbons (Fsp3) is 0.238. The highest BCUT2D eigenvalue weighted by molar-refractivity contribution is 7.99. The molecule has 0 saturated carbocycles. The van der Waals surface area contributed by atoms with Crippen LogP contribution in [0.25, 0.3) is 10.9 Å². The van der Waals surface area contributed by atoms with E-state index in [0.29, 0.717) is 46.8 Å². The number of anilines is 1. The summed E-state index contributed by atoms with van der Waals surface area (Å²) in [4.78, 5) is 19.4. The average molecular weight is 416 g/mol. The molecule has 3 aromatic rings. The Morgan fingerprint density at radius 2 is 1.93 bits per heavy atom. The largest absolute Gasteiger partial charge is 0.380 e. The van der Waals surface area contributed by atoms with Crippen LogP contribution in [-0.2, 0) is 6.54 Å². The van der Waals surface area contributed by atoms with Crippen LogP contribution < -0.4 is 5.32 Å². The summed E-state index contributed by atoms with van der Waals surface area (Å²) in [6.45, 7) is 1.91. The van der Waals surface area contributed by atoms with Crippen LogP contribution in [0.4, 0.5) is 10.1 Å². The number of carbonyl (C=O) groups excluding carboxylic acids is 1. The van der Waals surface area contributed by atoms with Crippen LogP contribution in [0, 0.1) is 5.82 Å². The quantitative estimate of drug-likeness (QED) is 0.663. The maximum absolute atomic E-state index is 13.9. The number of fused-ring (bicyclic) bond motifs is 1. The molecule has 1 aliphatic rings. The number of pyridine rings is 1. The standard InChI is InChI=1S/C21H19ClFN3OS/c22-15-3-1-14(2-4-15)12-25-20-17-11-16(23)5-6-19(17)24-13-18(20)21(27)26-7-9-28-10-8-26/h1-6,11,13H,7-10,12H2,(H,24,25). The van der Waals surface area contributed by atoms with Gasteiger partial charge >= 0.3 is 0 Å². The molecule has 1 aromatic heterocycles. The van der Waals surface area contributed by atoms with Crippen LogP contribution >= 0.6 is 23.4 Å². The lowest BCUT2D eigenvalue weighted by molar-refractivity contribution is 0.0773. The number of amides is 1. The molecule has 28 heavy (non-hydrogen) atoms. The number of hydrogen-bond acceptors (Lipinski definition) is 4. The number of carbonyl (C=O) groups is 1. The van der Waals surface area contributed by atoms with Gasteiger partial charge < -0.3 is 10.2 Å². The predicted octanol–water partition coefficient (Wildman–Crippen LogP) is 4.83. The molecule has 0 aliphatic carbocycles. The van der Waals surface area contributed by atoms with Gasteiger partial charge in [0.05, 0.1) is 16.8 Å². The summed E-state index contributed by atoms with van der Waals surface area (Å²) in [5.41, 5.74) is 2.74. The first-order valence-electron chi connectivity index (χ1n) is 9.05. The van der Waals surface area contributed by atoms with Crippen molar-refractivity contribution in [1.29, 1.82) is 0 Å².